The van der Waals surface area contributed by atoms with Gasteiger partial charge in [-0.3, -0.25) is 9.78 Å². The van der Waals surface area contributed by atoms with Crippen LogP contribution in [0.5, 0.6) is 0 Å². The molecule has 0 atom stereocenters. The van der Waals surface area contributed by atoms with Crippen molar-refractivity contribution in [3.05, 3.63) is 72.4 Å². The van der Waals surface area contributed by atoms with E-state index >= 15 is 0 Å². The van der Waals surface area contributed by atoms with Gasteiger partial charge in [0.05, 0.1) is 6.20 Å². The Morgan fingerprint density at radius 3 is 2.59 bits per heavy atom. The van der Waals surface area contributed by atoms with Crippen molar-refractivity contribution < 1.29 is 13.7 Å². The maximum Gasteiger partial charge on any atom is 0.258 e. The fourth-order valence-electron chi connectivity index (χ4n) is 2.61. The number of carbonyl (C=O) groups excluding carboxylic acids is 1. The van der Waals surface area contributed by atoms with Crippen LogP contribution >= 0.6 is 0 Å². The molecular formula is C20H13FN4O2. The molecule has 4 aromatic rings. The van der Waals surface area contributed by atoms with Crippen molar-refractivity contribution in [2.24, 2.45) is 0 Å². The number of ketones is 1. The van der Waals surface area contributed by atoms with Gasteiger partial charge in [0.25, 0.3) is 5.89 Å². The van der Waals surface area contributed by atoms with Crippen LogP contribution in [0, 0.1) is 5.82 Å². The third-order valence-electron chi connectivity index (χ3n) is 3.96. The minimum Gasteiger partial charge on any atom is -0.334 e. The number of halogens is 1. The molecule has 3 heterocycles. The Hall–Kier alpha value is -3.74. The average molecular weight is 360 g/mol. The average Bonchev–Trinajstić information content (AvgIpc) is 3.19. The van der Waals surface area contributed by atoms with Crippen molar-refractivity contribution in [3.63, 3.8) is 0 Å². The molecule has 1 aromatic carbocycles. The van der Waals surface area contributed by atoms with E-state index in [1.54, 1.807) is 24.5 Å². The topological polar surface area (TPSA) is 81.8 Å². The second-order valence-corrected chi connectivity index (χ2v) is 5.88. The number of hydrogen-bond donors (Lipinski definition) is 0. The van der Waals surface area contributed by atoms with E-state index in [-0.39, 0.29) is 17.5 Å². The minimum absolute atomic E-state index is 0.0815. The van der Waals surface area contributed by atoms with Crippen LogP contribution in [0.15, 0.2) is 65.6 Å². The molecule has 0 spiro atoms. The SMILES string of the molecule is CC(=O)c1cc(-c2cccnc2)cc(-c2nc(-c3ccc(F)cn3)no2)c1. The summed E-state index contributed by atoms with van der Waals surface area (Å²) in [6.07, 6.45) is 4.48. The van der Waals surface area contributed by atoms with Gasteiger partial charge in [-0.25, -0.2) is 9.37 Å². The first-order valence-corrected chi connectivity index (χ1v) is 8.12. The van der Waals surface area contributed by atoms with Gasteiger partial charge in [0, 0.05) is 29.1 Å². The van der Waals surface area contributed by atoms with Gasteiger partial charge in [-0.2, -0.15) is 4.98 Å². The number of nitrogens with zero attached hydrogens (tertiary/aromatic N) is 4. The molecule has 6 nitrogen and oxygen atoms in total. The summed E-state index contributed by atoms with van der Waals surface area (Å²) in [6.45, 7) is 1.49. The maximum absolute atomic E-state index is 13.0. The largest absolute Gasteiger partial charge is 0.334 e. The molecule has 0 aliphatic rings. The minimum atomic E-state index is -0.447. The first-order valence-electron chi connectivity index (χ1n) is 8.12. The van der Waals surface area contributed by atoms with Crippen LogP contribution in [0.2, 0.25) is 0 Å². The number of pyridine rings is 2. The van der Waals surface area contributed by atoms with Crippen molar-refractivity contribution in [2.45, 2.75) is 6.92 Å². The van der Waals surface area contributed by atoms with Gasteiger partial charge in [-0.05, 0) is 48.9 Å². The van der Waals surface area contributed by atoms with Crippen LogP contribution in [0.25, 0.3) is 34.1 Å². The summed E-state index contributed by atoms with van der Waals surface area (Å²) in [7, 11) is 0. The number of hydrogen-bond acceptors (Lipinski definition) is 6. The molecule has 0 saturated carbocycles. The fourth-order valence-corrected chi connectivity index (χ4v) is 2.61. The molecule has 0 unspecified atom stereocenters. The lowest BCUT2D eigenvalue weighted by molar-refractivity contribution is 0.101. The molecule has 132 valence electrons. The zero-order chi connectivity index (χ0) is 18.8. The molecule has 0 amide bonds. The summed E-state index contributed by atoms with van der Waals surface area (Å²) in [5, 5.41) is 3.90. The molecule has 0 bridgehead atoms. The Morgan fingerprint density at radius 2 is 1.89 bits per heavy atom. The number of aromatic nitrogens is 4. The zero-order valence-corrected chi connectivity index (χ0v) is 14.3. The highest BCUT2D eigenvalue weighted by Gasteiger charge is 2.15. The van der Waals surface area contributed by atoms with E-state index in [4.69, 9.17) is 4.52 Å². The Bertz CT molecular complexity index is 1110. The van der Waals surface area contributed by atoms with Crippen molar-refractivity contribution >= 4 is 5.78 Å². The third kappa shape index (κ3) is 3.48. The standard InChI is InChI=1S/C20H13FN4O2/c1-12(26)14-7-15(13-3-2-6-22-10-13)9-16(8-14)20-24-19(25-27-20)18-5-4-17(21)11-23-18/h2-11H,1H3. The predicted molar refractivity (Wildman–Crippen MR) is 96.2 cm³/mol. The summed E-state index contributed by atoms with van der Waals surface area (Å²) >= 11 is 0. The highest BCUT2D eigenvalue weighted by atomic mass is 19.1. The lowest BCUT2D eigenvalue weighted by atomic mass is 9.99. The van der Waals surface area contributed by atoms with E-state index in [1.165, 1.54) is 19.1 Å². The number of carbonyl (C=O) groups is 1. The van der Waals surface area contributed by atoms with Crippen LogP contribution in [0.1, 0.15) is 17.3 Å². The highest BCUT2D eigenvalue weighted by molar-refractivity contribution is 5.96. The molecule has 4 rings (SSSR count). The van der Waals surface area contributed by atoms with Crippen molar-refractivity contribution in [2.75, 3.05) is 0 Å². The van der Waals surface area contributed by atoms with Crippen LogP contribution in [-0.2, 0) is 0 Å². The summed E-state index contributed by atoms with van der Waals surface area (Å²) in [6, 6.07) is 11.8. The van der Waals surface area contributed by atoms with Gasteiger partial charge in [-0.1, -0.05) is 11.2 Å². The maximum atomic E-state index is 13.0. The fraction of sp³-hybridized carbons (Fsp3) is 0.0500. The molecule has 0 aliphatic carbocycles. The highest BCUT2D eigenvalue weighted by Crippen LogP contribution is 2.28. The van der Waals surface area contributed by atoms with E-state index in [9.17, 15) is 9.18 Å². The van der Waals surface area contributed by atoms with Crippen molar-refractivity contribution in [1.29, 1.82) is 0 Å². The van der Waals surface area contributed by atoms with E-state index in [1.807, 2.05) is 18.2 Å². The van der Waals surface area contributed by atoms with Gasteiger partial charge in [0.15, 0.2) is 5.78 Å². The molecule has 3 aromatic heterocycles. The molecule has 7 heteroatoms. The predicted octanol–water partition coefficient (Wildman–Crippen LogP) is 4.20. The van der Waals surface area contributed by atoms with Crippen LogP contribution in [0.4, 0.5) is 4.39 Å². The lowest BCUT2D eigenvalue weighted by Gasteiger charge is -2.06. The Labute approximate surface area is 153 Å². The summed E-state index contributed by atoms with van der Waals surface area (Å²) in [5.74, 6) is -0.0507. The Kier molecular flexibility index (Phi) is 4.25. The van der Waals surface area contributed by atoms with Gasteiger partial charge >= 0.3 is 0 Å². The van der Waals surface area contributed by atoms with Crippen LogP contribution < -0.4 is 0 Å². The lowest BCUT2D eigenvalue weighted by Crippen LogP contribution is -1.94. The number of rotatable bonds is 4. The summed E-state index contributed by atoms with van der Waals surface area (Å²) in [4.78, 5) is 24.3. The number of benzene rings is 1. The van der Waals surface area contributed by atoms with Crippen molar-refractivity contribution in [3.8, 4) is 34.1 Å². The van der Waals surface area contributed by atoms with Crippen molar-refractivity contribution in [1.82, 2.24) is 20.1 Å². The molecular weight excluding hydrogens is 347 g/mol. The molecule has 0 saturated heterocycles. The quantitative estimate of drug-likeness (QED) is 0.507. The molecule has 0 N–H and O–H groups in total. The first-order chi connectivity index (χ1) is 13.1. The second kappa shape index (κ2) is 6.87. The van der Waals surface area contributed by atoms with Gasteiger partial charge < -0.3 is 4.52 Å². The van der Waals surface area contributed by atoms with Crippen LogP contribution in [0.3, 0.4) is 0 Å². The first kappa shape index (κ1) is 16.7. The molecule has 27 heavy (non-hydrogen) atoms. The zero-order valence-electron chi connectivity index (χ0n) is 14.3. The summed E-state index contributed by atoms with van der Waals surface area (Å²) < 4.78 is 18.4. The smallest absolute Gasteiger partial charge is 0.258 e. The third-order valence-corrected chi connectivity index (χ3v) is 3.96. The normalized spacial score (nSPS) is 10.7. The molecule has 0 fully saturated rings. The molecule has 0 radical (unpaired) electrons. The van der Waals surface area contributed by atoms with Gasteiger partial charge in [-0.15, -0.1) is 0 Å². The van der Waals surface area contributed by atoms with Gasteiger partial charge in [0.2, 0.25) is 5.82 Å². The van der Waals surface area contributed by atoms with Gasteiger partial charge in [0.1, 0.15) is 11.5 Å². The van der Waals surface area contributed by atoms with E-state index in [0.717, 1.165) is 17.3 Å². The van der Waals surface area contributed by atoms with E-state index in [2.05, 4.69) is 20.1 Å². The Morgan fingerprint density at radius 1 is 1.04 bits per heavy atom. The second-order valence-electron chi connectivity index (χ2n) is 5.88. The van der Waals surface area contributed by atoms with E-state index < -0.39 is 5.82 Å². The Balaban J connectivity index is 1.78. The number of Topliss-reactive ketones (excluding diaryl/α,β-unsaturated/α-hetero) is 1. The monoisotopic (exact) mass is 360 g/mol. The van der Waals surface area contributed by atoms with Crippen LogP contribution in [-0.4, -0.2) is 25.9 Å². The summed E-state index contributed by atoms with van der Waals surface area (Å²) in [5.41, 5.74) is 3.18. The molecule has 0 aliphatic heterocycles. The van der Waals surface area contributed by atoms with E-state index in [0.29, 0.717) is 16.8 Å².